The highest BCUT2D eigenvalue weighted by Gasteiger charge is 2.39. The van der Waals surface area contributed by atoms with Crippen molar-refractivity contribution in [2.24, 2.45) is 11.1 Å². The summed E-state index contributed by atoms with van der Waals surface area (Å²) in [7, 11) is 0. The minimum absolute atomic E-state index is 0.0527. The summed E-state index contributed by atoms with van der Waals surface area (Å²) >= 11 is 0. The quantitative estimate of drug-likeness (QED) is 0.436. The molecular formula is C30H34N2O3. The molecular weight excluding hydrogens is 436 g/mol. The fourth-order valence-electron chi connectivity index (χ4n) is 5.52. The standard InChI is InChI=1S/C30H34N2O3/c31-20-22-5-3-7-24(15-22)26-16-23(21-35-28-8-2-1-6-25(28)19-29(33)34)17-27(18-26)32-13-11-30(12-14-32)9-4-10-30/h1-3,5-8,15-18H,4,9-14,19-21,31H2,(H,33,34). The van der Waals surface area contributed by atoms with Gasteiger partial charge in [-0.1, -0.05) is 42.8 Å². The minimum Gasteiger partial charge on any atom is -0.489 e. The molecule has 2 aliphatic rings. The van der Waals surface area contributed by atoms with Crippen LogP contribution in [0.25, 0.3) is 11.1 Å². The number of carboxylic acids is 1. The third-order valence-corrected chi connectivity index (χ3v) is 7.79. The first-order chi connectivity index (χ1) is 17.0. The van der Waals surface area contributed by atoms with Crippen LogP contribution in [0.5, 0.6) is 5.75 Å². The second kappa shape index (κ2) is 10.1. The van der Waals surface area contributed by atoms with Gasteiger partial charge in [-0.3, -0.25) is 4.79 Å². The van der Waals surface area contributed by atoms with Gasteiger partial charge in [0.2, 0.25) is 0 Å². The van der Waals surface area contributed by atoms with Gasteiger partial charge >= 0.3 is 5.97 Å². The van der Waals surface area contributed by atoms with E-state index in [0.29, 0.717) is 29.9 Å². The highest BCUT2D eigenvalue weighted by Crippen LogP contribution is 2.49. The monoisotopic (exact) mass is 470 g/mol. The molecule has 3 aromatic rings. The van der Waals surface area contributed by atoms with E-state index < -0.39 is 5.97 Å². The third-order valence-electron chi connectivity index (χ3n) is 7.79. The van der Waals surface area contributed by atoms with Crippen molar-refractivity contribution in [3.63, 3.8) is 0 Å². The SMILES string of the molecule is NCc1cccc(-c2cc(COc3ccccc3CC(=O)O)cc(N3CCC4(CCC4)CC3)c2)c1. The summed E-state index contributed by atoms with van der Waals surface area (Å²) in [6.07, 6.45) is 6.66. The first-order valence-electron chi connectivity index (χ1n) is 12.6. The number of rotatable bonds is 8. The van der Waals surface area contributed by atoms with E-state index in [1.807, 2.05) is 24.3 Å². The zero-order valence-electron chi connectivity index (χ0n) is 20.2. The van der Waals surface area contributed by atoms with Gasteiger partial charge in [0.15, 0.2) is 0 Å². The number of nitrogens with two attached hydrogens (primary N) is 1. The van der Waals surface area contributed by atoms with Gasteiger partial charge in [-0.25, -0.2) is 0 Å². The predicted molar refractivity (Wildman–Crippen MR) is 140 cm³/mol. The Kier molecular flexibility index (Phi) is 6.78. The van der Waals surface area contributed by atoms with Crippen LogP contribution in [0.2, 0.25) is 0 Å². The molecule has 0 unspecified atom stereocenters. The molecule has 5 rings (SSSR count). The molecule has 35 heavy (non-hydrogen) atoms. The number of carbonyl (C=O) groups is 1. The van der Waals surface area contributed by atoms with Gasteiger partial charge in [-0.2, -0.15) is 0 Å². The van der Waals surface area contributed by atoms with Crippen LogP contribution in [-0.4, -0.2) is 24.2 Å². The van der Waals surface area contributed by atoms with Gasteiger partial charge < -0.3 is 20.5 Å². The summed E-state index contributed by atoms with van der Waals surface area (Å²) in [5.41, 5.74) is 12.9. The first kappa shape index (κ1) is 23.4. The number of aliphatic carboxylic acids is 1. The number of benzene rings is 3. The lowest BCUT2D eigenvalue weighted by molar-refractivity contribution is -0.136. The Morgan fingerprint density at radius 3 is 2.40 bits per heavy atom. The molecule has 2 fully saturated rings. The lowest BCUT2D eigenvalue weighted by Gasteiger charge is -2.48. The van der Waals surface area contributed by atoms with Crippen molar-refractivity contribution < 1.29 is 14.6 Å². The molecule has 1 heterocycles. The second-order valence-electron chi connectivity index (χ2n) is 10.1. The van der Waals surface area contributed by atoms with E-state index in [4.69, 9.17) is 10.5 Å². The van der Waals surface area contributed by atoms with Crippen LogP contribution < -0.4 is 15.4 Å². The van der Waals surface area contributed by atoms with Crippen molar-refractivity contribution in [3.8, 4) is 16.9 Å². The zero-order chi connectivity index (χ0) is 24.3. The number of ether oxygens (including phenoxy) is 1. The van der Waals surface area contributed by atoms with Crippen LogP contribution in [0.3, 0.4) is 0 Å². The number of hydrogen-bond donors (Lipinski definition) is 2. The summed E-state index contributed by atoms with van der Waals surface area (Å²) in [6, 6.07) is 22.5. The van der Waals surface area contributed by atoms with Crippen LogP contribution in [0, 0.1) is 5.41 Å². The van der Waals surface area contributed by atoms with E-state index in [1.165, 1.54) is 37.8 Å². The minimum atomic E-state index is -0.862. The Bertz CT molecular complexity index is 1190. The summed E-state index contributed by atoms with van der Waals surface area (Å²) < 4.78 is 6.16. The topological polar surface area (TPSA) is 75.8 Å². The van der Waals surface area contributed by atoms with Crippen molar-refractivity contribution in [1.82, 2.24) is 0 Å². The maximum absolute atomic E-state index is 11.3. The molecule has 5 nitrogen and oxygen atoms in total. The van der Waals surface area contributed by atoms with Crippen LogP contribution in [0.4, 0.5) is 5.69 Å². The van der Waals surface area contributed by atoms with Crippen molar-refractivity contribution >= 4 is 11.7 Å². The van der Waals surface area contributed by atoms with Crippen LogP contribution in [0.1, 0.15) is 48.8 Å². The predicted octanol–water partition coefficient (Wildman–Crippen LogP) is 5.79. The van der Waals surface area contributed by atoms with Crippen LogP contribution in [-0.2, 0) is 24.4 Å². The van der Waals surface area contributed by atoms with Crippen molar-refractivity contribution in [2.75, 3.05) is 18.0 Å². The molecule has 0 bridgehead atoms. The number of piperidine rings is 1. The second-order valence-corrected chi connectivity index (χ2v) is 10.1. The zero-order valence-corrected chi connectivity index (χ0v) is 20.2. The Morgan fingerprint density at radius 2 is 1.69 bits per heavy atom. The highest BCUT2D eigenvalue weighted by molar-refractivity contribution is 5.72. The summed E-state index contributed by atoms with van der Waals surface area (Å²) in [6.45, 7) is 3.08. The summed E-state index contributed by atoms with van der Waals surface area (Å²) in [4.78, 5) is 13.8. The lowest BCUT2D eigenvalue weighted by atomic mass is 9.63. The number of nitrogens with zero attached hydrogens (tertiary/aromatic N) is 1. The third kappa shape index (κ3) is 5.35. The number of carboxylic acid groups (broad SMARTS) is 1. The Balaban J connectivity index is 1.42. The van der Waals surface area contributed by atoms with Gasteiger partial charge in [-0.05, 0) is 83.7 Å². The maximum atomic E-state index is 11.3. The van der Waals surface area contributed by atoms with Gasteiger partial charge in [-0.15, -0.1) is 0 Å². The van der Waals surface area contributed by atoms with Gasteiger partial charge in [0.05, 0.1) is 6.42 Å². The van der Waals surface area contributed by atoms with E-state index in [-0.39, 0.29) is 6.42 Å². The maximum Gasteiger partial charge on any atom is 0.307 e. The van der Waals surface area contributed by atoms with Crippen LogP contribution in [0.15, 0.2) is 66.7 Å². The Hall–Kier alpha value is -3.31. The molecule has 1 saturated carbocycles. The van der Waals surface area contributed by atoms with E-state index >= 15 is 0 Å². The van der Waals surface area contributed by atoms with E-state index in [2.05, 4.69) is 47.4 Å². The molecule has 3 aromatic carbocycles. The lowest BCUT2D eigenvalue weighted by Crippen LogP contribution is -2.43. The molecule has 3 N–H and O–H groups in total. The van der Waals surface area contributed by atoms with Crippen molar-refractivity contribution in [3.05, 3.63) is 83.4 Å². The summed E-state index contributed by atoms with van der Waals surface area (Å²) in [5.74, 6) is -0.240. The molecule has 182 valence electrons. The Labute approximate surface area is 207 Å². The highest BCUT2D eigenvalue weighted by atomic mass is 16.5. The number of anilines is 1. The molecule has 0 radical (unpaired) electrons. The van der Waals surface area contributed by atoms with Crippen molar-refractivity contribution in [2.45, 2.75) is 51.7 Å². The average molecular weight is 471 g/mol. The van der Waals surface area contributed by atoms with Gasteiger partial charge in [0.25, 0.3) is 0 Å². The molecule has 1 aliphatic heterocycles. The Morgan fingerprint density at radius 1 is 0.914 bits per heavy atom. The van der Waals surface area contributed by atoms with Gasteiger partial charge in [0.1, 0.15) is 12.4 Å². The fraction of sp³-hybridized carbons (Fsp3) is 0.367. The molecule has 1 spiro atoms. The van der Waals surface area contributed by atoms with Crippen LogP contribution >= 0.6 is 0 Å². The number of para-hydroxylation sites is 1. The van der Waals surface area contributed by atoms with Gasteiger partial charge in [0, 0.05) is 30.9 Å². The average Bonchev–Trinajstić information content (AvgIpc) is 2.87. The first-order valence-corrected chi connectivity index (χ1v) is 12.6. The van der Waals surface area contributed by atoms with Crippen molar-refractivity contribution in [1.29, 1.82) is 0 Å². The van der Waals surface area contributed by atoms with E-state index in [1.54, 1.807) is 0 Å². The van der Waals surface area contributed by atoms with E-state index in [9.17, 15) is 9.90 Å². The molecule has 5 heteroatoms. The fourth-order valence-corrected chi connectivity index (χ4v) is 5.52. The molecule has 0 atom stereocenters. The summed E-state index contributed by atoms with van der Waals surface area (Å²) in [5, 5.41) is 9.25. The number of hydrogen-bond acceptors (Lipinski definition) is 4. The molecule has 0 aromatic heterocycles. The normalized spacial score (nSPS) is 16.7. The molecule has 0 amide bonds. The van der Waals surface area contributed by atoms with E-state index in [0.717, 1.165) is 35.3 Å². The smallest absolute Gasteiger partial charge is 0.307 e. The molecule has 1 saturated heterocycles. The largest absolute Gasteiger partial charge is 0.489 e. The molecule has 1 aliphatic carbocycles.